The number of nitrogen functional groups attached to an aromatic ring is 4. The third-order valence-electron chi connectivity index (χ3n) is 20.8. The van der Waals surface area contributed by atoms with Crippen LogP contribution in [0.2, 0.25) is 0 Å². The molecule has 0 amide bonds. The Morgan fingerprint density at radius 3 is 1.53 bits per heavy atom. The first-order valence-corrected chi connectivity index (χ1v) is 44.3. The maximum Gasteiger partial charge on any atom is 0.351 e. The summed E-state index contributed by atoms with van der Waals surface area (Å²) in [5.41, 5.74) is 17.2. The van der Waals surface area contributed by atoms with Crippen molar-refractivity contribution in [2.75, 3.05) is 49.4 Å². The maximum absolute atomic E-state index is 13.8. The van der Waals surface area contributed by atoms with Crippen LogP contribution in [-0.2, 0) is 121 Å². The van der Waals surface area contributed by atoms with Crippen LogP contribution in [0.15, 0.2) is 63.1 Å². The summed E-state index contributed by atoms with van der Waals surface area (Å²) >= 11 is 22.9. The summed E-state index contributed by atoms with van der Waals surface area (Å²) in [6.07, 6.45) is -11.0. The van der Waals surface area contributed by atoms with Gasteiger partial charge in [-0.15, -0.1) is 0 Å². The lowest BCUT2D eigenvalue weighted by atomic mass is 9.94. The molecule has 8 aliphatic heterocycles. The van der Waals surface area contributed by atoms with Crippen molar-refractivity contribution in [2.24, 2.45) is 0 Å². The van der Waals surface area contributed by atoms with Gasteiger partial charge in [-0.05, 0) is 95.2 Å². The molecule has 43 nitrogen and oxygen atoms in total. The van der Waals surface area contributed by atoms with Crippen LogP contribution in [0.4, 0.5) is 23.3 Å². The lowest BCUT2D eigenvalue weighted by Crippen LogP contribution is -2.52. The number of rotatable bonds is 27. The molecule has 6 bridgehead atoms. The Balaban J connectivity index is 0.680. The van der Waals surface area contributed by atoms with Gasteiger partial charge in [-0.2, -0.15) is 9.97 Å². The summed E-state index contributed by atoms with van der Waals surface area (Å²) in [4.78, 5) is 138. The lowest BCUT2D eigenvalue weighted by molar-refractivity contribution is -0.218. The largest absolute Gasteiger partial charge is 0.387 e. The molecule has 51 heteroatoms. The summed E-state index contributed by atoms with van der Waals surface area (Å²) in [7, 11) is 0. The second-order valence-corrected chi connectivity index (χ2v) is 38.7. The minimum Gasteiger partial charge on any atom is -0.387 e. The standard InChI is InChI=1S/C58H76N18O25P4S4/c1-8-9-29-30(10-34(93-29)75-21-67-35-45(61)63-19-65-47(35)75)98-102(82,106)86-15-32-31(11-33(94-32)72-12-23(2)43(59)69-53(72)79)99-103(83,107)88-17-57-27(6)91-38(51(96-57)73-13-24(3)44(60)70-54(73)80)41(57)101-105(85,109)89-18-58-28(7)92-39(52(97-58)74-14-25(4)49(78)71-55(74)81)42(58)100-104(84,108)87-16-56-26(5)90-37(40(56)77)50(95-56)76-22-68-36-46(62)64-20-66-48(36)76/h12-14,19-22,26-34,37-42,50-52,77H,8-11,15-18H2,1-7H3,(H,82,106)(H,83,107)(H,84,108)(H,85,109)(H2,59,69,79)(H2,60,70,80)(H2,61,63,65)(H2,62,64,66)(H,71,78,81)/t26-,27-,28-,29+,30?,31?,32+,33+,34+,37-,38-,39-,40?,41?,42?,50+,51+,52+,56-,57-,58-,102?,103?,104?,105?/m0/s1. The molecule has 9 unspecified atom stereocenters. The Morgan fingerprint density at radius 1 is 0.532 bits per heavy atom. The van der Waals surface area contributed by atoms with Crippen LogP contribution in [0.25, 0.3) is 22.3 Å². The molecule has 592 valence electrons. The zero-order chi connectivity index (χ0) is 77.7. The number of imidazole rings is 2. The number of aliphatic hydroxyl groups is 1. The van der Waals surface area contributed by atoms with E-state index in [4.69, 9.17) is 144 Å². The van der Waals surface area contributed by atoms with E-state index in [9.17, 15) is 43.9 Å². The second kappa shape index (κ2) is 29.1. The molecule has 8 saturated heterocycles. The Kier molecular flexibility index (Phi) is 21.0. The van der Waals surface area contributed by atoms with E-state index in [-0.39, 0.29) is 52.8 Å². The van der Waals surface area contributed by atoms with E-state index < -0.39 is 203 Å². The van der Waals surface area contributed by atoms with Crippen molar-refractivity contribution in [3.05, 3.63) is 102 Å². The van der Waals surface area contributed by atoms with Gasteiger partial charge in [-0.25, -0.2) is 44.3 Å². The van der Waals surface area contributed by atoms with Gasteiger partial charge in [0.25, 0.3) is 5.56 Å². The van der Waals surface area contributed by atoms with Crippen LogP contribution >= 0.6 is 26.9 Å². The topological polar surface area (TPSA) is 565 Å². The smallest absolute Gasteiger partial charge is 0.351 e. The maximum atomic E-state index is 13.8. The molecule has 15 rings (SSSR count). The van der Waals surface area contributed by atoms with Crippen LogP contribution in [0.5, 0.6) is 0 Å². The normalized spacial score (nSPS) is 35.4. The highest BCUT2D eigenvalue weighted by atomic mass is 32.5. The van der Waals surface area contributed by atoms with E-state index in [1.165, 1.54) is 69.2 Å². The molecule has 0 saturated carbocycles. The van der Waals surface area contributed by atoms with E-state index in [0.29, 0.717) is 35.1 Å². The zero-order valence-electron chi connectivity index (χ0n) is 58.5. The minimum atomic E-state index is -4.85. The number of nitrogens with one attached hydrogen (secondary N) is 1. The Labute approximate surface area is 636 Å². The van der Waals surface area contributed by atoms with Gasteiger partial charge in [0.1, 0.15) is 107 Å². The summed E-state index contributed by atoms with van der Waals surface area (Å²) in [6, 6.07) is 0. The van der Waals surface area contributed by atoms with Gasteiger partial charge >= 0.3 is 43.9 Å². The van der Waals surface area contributed by atoms with Crippen molar-refractivity contribution in [1.29, 1.82) is 0 Å². The van der Waals surface area contributed by atoms with E-state index in [1.807, 2.05) is 6.92 Å². The van der Waals surface area contributed by atoms with Crippen LogP contribution < -0.4 is 45.6 Å². The number of H-pyrrole nitrogens is 1. The first kappa shape index (κ1) is 78.8. The van der Waals surface area contributed by atoms with Gasteiger partial charge < -0.3 is 113 Å². The quantitative estimate of drug-likeness (QED) is 0.0311. The molecular formula is C58H76N18O25P4S4. The summed E-state index contributed by atoms with van der Waals surface area (Å²) in [6.45, 7) is -10.1. The molecule has 0 aromatic carbocycles. The highest BCUT2D eigenvalue weighted by Crippen LogP contribution is 2.63. The summed E-state index contributed by atoms with van der Waals surface area (Å²) in [5, 5.41) is 11.8. The average Bonchev–Trinajstić information content (AvgIpc) is 1.56. The highest BCUT2D eigenvalue weighted by Gasteiger charge is 2.72. The zero-order valence-corrected chi connectivity index (χ0v) is 65.4. The molecule has 109 heavy (non-hydrogen) atoms. The summed E-state index contributed by atoms with van der Waals surface area (Å²) < 4.78 is 108. The van der Waals surface area contributed by atoms with E-state index in [1.54, 1.807) is 25.3 Å². The van der Waals surface area contributed by atoms with Gasteiger partial charge in [0, 0.05) is 48.1 Å². The molecule has 0 radical (unpaired) electrons. The SMILES string of the molecule is CCC[C@H]1O[C@@H](n2cnc3c(N)ncnc32)CC1OP(O)(=S)OC[C@H]1O[C@@H](n2cc(C)c(N)nc2=O)CC1OP(O)(=S)OC[C@]12O[C@@H](n3cc(C)c(N)nc3=O)[C@@H](O[C@H]1C)C2OP(O)(=S)OC[C@]12O[C@@H](n3cc(C)c(=O)[nH]c3=O)[C@@H](O[C@H]1C)C2OP(O)(=S)OC[C@]12O[C@@H](n3cnc4c(N)ncnc43)[C@@H](O[C@H]1C)C2O. The number of hydrogen-bond donors (Lipinski definition) is 10. The first-order chi connectivity index (χ1) is 51.4. The van der Waals surface area contributed by atoms with Gasteiger partial charge in [-0.3, -0.25) is 41.7 Å². The number of aromatic nitrogens is 14. The number of anilines is 4. The number of nitrogens with two attached hydrogens (primary N) is 4. The van der Waals surface area contributed by atoms with Gasteiger partial charge in [-0.1, -0.05) is 13.3 Å². The fourth-order valence-electron chi connectivity index (χ4n) is 15.1. The van der Waals surface area contributed by atoms with Crippen molar-refractivity contribution < 1.29 is 98.8 Å². The van der Waals surface area contributed by atoms with Gasteiger partial charge in [0.05, 0.1) is 75.7 Å². The Morgan fingerprint density at radius 2 is 0.963 bits per heavy atom. The van der Waals surface area contributed by atoms with E-state index >= 15 is 0 Å². The number of fused-ring (bicyclic) bond motifs is 8. The predicted octanol–water partition coefficient (Wildman–Crippen LogP) is 0.359. The predicted molar refractivity (Wildman–Crippen MR) is 390 cm³/mol. The summed E-state index contributed by atoms with van der Waals surface area (Å²) in [5.74, 6) is 0.104. The number of hydrogen-bond acceptors (Lipinski definition) is 37. The van der Waals surface area contributed by atoms with Crippen LogP contribution in [0.3, 0.4) is 0 Å². The number of aromatic amines is 1. The molecule has 15 heterocycles. The third-order valence-corrected chi connectivity index (χ3v) is 27.0. The molecule has 8 aliphatic rings. The highest BCUT2D eigenvalue weighted by molar-refractivity contribution is 8.08. The molecule has 14 N–H and O–H groups in total. The van der Waals surface area contributed by atoms with Gasteiger partial charge in [0.15, 0.2) is 41.6 Å². The molecule has 7 aromatic heterocycles. The number of aryl methyl sites for hydroxylation is 3. The van der Waals surface area contributed by atoms with Crippen LogP contribution in [0.1, 0.15) is 101 Å². The second-order valence-electron chi connectivity index (χ2n) is 27.6. The van der Waals surface area contributed by atoms with Crippen LogP contribution in [-0.4, -0.2) is 215 Å². The number of ether oxygens (including phenoxy) is 8. The fraction of sp³-hybridized carbons (Fsp3) is 0.621. The Bertz CT molecular complexity index is 5210. The molecule has 25 atom stereocenters. The Hall–Kier alpha value is -5.50. The fourth-order valence-corrected chi connectivity index (χ4v) is 20.9. The van der Waals surface area contributed by atoms with E-state index in [0.717, 1.165) is 13.7 Å². The van der Waals surface area contributed by atoms with Crippen LogP contribution in [0, 0.1) is 20.8 Å². The van der Waals surface area contributed by atoms with Crippen molar-refractivity contribution in [3.8, 4) is 0 Å². The molecule has 0 spiro atoms. The van der Waals surface area contributed by atoms with Crippen molar-refractivity contribution in [3.63, 3.8) is 0 Å². The molecule has 7 aromatic rings. The van der Waals surface area contributed by atoms with E-state index in [2.05, 4.69) is 44.9 Å². The average molecular weight is 1680 g/mol. The first-order valence-electron chi connectivity index (χ1n) is 33.9. The minimum absolute atomic E-state index is 0.0471. The molecule has 0 aliphatic carbocycles. The van der Waals surface area contributed by atoms with Gasteiger partial charge in [0.2, 0.25) is 0 Å². The van der Waals surface area contributed by atoms with Crippen molar-refractivity contribution >= 4 is 120 Å². The lowest BCUT2D eigenvalue weighted by Gasteiger charge is -2.39. The number of aliphatic hydroxyl groups excluding tert-OH is 1. The monoisotopic (exact) mass is 1680 g/mol. The van der Waals surface area contributed by atoms with Crippen molar-refractivity contribution in [2.45, 2.75) is 201 Å². The number of nitrogens with zero attached hydrogens (tertiary/aromatic N) is 13. The molecule has 8 fully saturated rings. The molecular weight excluding hydrogens is 1600 g/mol. The third kappa shape index (κ3) is 14.3. The van der Waals surface area contributed by atoms with Crippen molar-refractivity contribution in [1.82, 2.24) is 67.7 Å².